The molecule has 0 radical (unpaired) electrons. The summed E-state index contributed by atoms with van der Waals surface area (Å²) in [5, 5.41) is 1.18. The molecule has 0 fully saturated rings. The van der Waals surface area contributed by atoms with Gasteiger partial charge in [0, 0.05) is 11.6 Å². The standard InChI is InChI=1S/C18H15N/c1-14-6-2-3-7-16(14)11-10-15-12-17-8-4-5-9-18(17)19-13-15/h2-13H,1H3/b11-10-. The van der Waals surface area contributed by atoms with E-state index < -0.39 is 0 Å². The van der Waals surface area contributed by atoms with E-state index in [1.54, 1.807) is 0 Å². The van der Waals surface area contributed by atoms with Gasteiger partial charge in [-0.3, -0.25) is 4.98 Å². The summed E-state index contributed by atoms with van der Waals surface area (Å²) in [6.45, 7) is 2.12. The summed E-state index contributed by atoms with van der Waals surface area (Å²) >= 11 is 0. The number of aryl methyl sites for hydroxylation is 1. The van der Waals surface area contributed by atoms with Crippen LogP contribution < -0.4 is 0 Å². The van der Waals surface area contributed by atoms with Gasteiger partial charge in [0.1, 0.15) is 0 Å². The van der Waals surface area contributed by atoms with E-state index in [9.17, 15) is 0 Å². The first-order valence-electron chi connectivity index (χ1n) is 6.41. The number of fused-ring (bicyclic) bond motifs is 1. The number of benzene rings is 2. The summed E-state index contributed by atoms with van der Waals surface area (Å²) in [5.41, 5.74) is 4.70. The van der Waals surface area contributed by atoms with Crippen LogP contribution in [0.4, 0.5) is 0 Å². The minimum Gasteiger partial charge on any atom is -0.256 e. The maximum Gasteiger partial charge on any atom is 0.0702 e. The van der Waals surface area contributed by atoms with Crippen molar-refractivity contribution in [1.82, 2.24) is 4.98 Å². The van der Waals surface area contributed by atoms with Crippen molar-refractivity contribution in [2.24, 2.45) is 0 Å². The van der Waals surface area contributed by atoms with E-state index in [0.717, 1.165) is 11.1 Å². The van der Waals surface area contributed by atoms with E-state index >= 15 is 0 Å². The van der Waals surface area contributed by atoms with Crippen molar-refractivity contribution in [3.05, 3.63) is 77.5 Å². The Morgan fingerprint density at radius 3 is 2.58 bits per heavy atom. The molecular weight excluding hydrogens is 230 g/mol. The first-order chi connectivity index (χ1) is 9.33. The molecule has 0 bridgehead atoms. The van der Waals surface area contributed by atoms with Crippen LogP contribution in [0.3, 0.4) is 0 Å². The summed E-state index contributed by atoms with van der Waals surface area (Å²) in [5.74, 6) is 0. The van der Waals surface area contributed by atoms with Crippen LogP contribution in [0, 0.1) is 6.92 Å². The second-order valence-electron chi connectivity index (χ2n) is 4.65. The molecule has 0 aliphatic rings. The summed E-state index contributed by atoms with van der Waals surface area (Å²) in [4.78, 5) is 4.46. The molecule has 0 unspecified atom stereocenters. The van der Waals surface area contributed by atoms with Crippen LogP contribution in [-0.2, 0) is 0 Å². The molecule has 19 heavy (non-hydrogen) atoms. The van der Waals surface area contributed by atoms with Crippen molar-refractivity contribution in [2.45, 2.75) is 6.92 Å². The van der Waals surface area contributed by atoms with E-state index in [2.05, 4.69) is 60.5 Å². The van der Waals surface area contributed by atoms with Crippen LogP contribution in [0.25, 0.3) is 23.1 Å². The van der Waals surface area contributed by atoms with Crippen LogP contribution in [-0.4, -0.2) is 4.98 Å². The molecule has 0 saturated heterocycles. The summed E-state index contributed by atoms with van der Waals surface area (Å²) in [6.07, 6.45) is 6.17. The third-order valence-electron chi connectivity index (χ3n) is 3.26. The lowest BCUT2D eigenvalue weighted by Crippen LogP contribution is -1.81. The lowest BCUT2D eigenvalue weighted by Gasteiger charge is -2.00. The Morgan fingerprint density at radius 1 is 0.895 bits per heavy atom. The fraction of sp³-hybridized carbons (Fsp3) is 0.0556. The number of para-hydroxylation sites is 1. The summed E-state index contributed by atoms with van der Waals surface area (Å²) in [6, 6.07) is 18.7. The van der Waals surface area contributed by atoms with Crippen LogP contribution >= 0.6 is 0 Å². The van der Waals surface area contributed by atoms with E-state index in [1.807, 2.05) is 24.4 Å². The van der Waals surface area contributed by atoms with Crippen molar-refractivity contribution in [3.63, 3.8) is 0 Å². The lowest BCUT2D eigenvalue weighted by atomic mass is 10.1. The van der Waals surface area contributed by atoms with Gasteiger partial charge in [0.2, 0.25) is 0 Å². The number of nitrogens with zero attached hydrogens (tertiary/aromatic N) is 1. The molecule has 0 N–H and O–H groups in total. The van der Waals surface area contributed by atoms with Gasteiger partial charge in [0.25, 0.3) is 0 Å². The van der Waals surface area contributed by atoms with Crippen molar-refractivity contribution >= 4 is 23.1 Å². The van der Waals surface area contributed by atoms with Crippen molar-refractivity contribution in [3.8, 4) is 0 Å². The lowest BCUT2D eigenvalue weighted by molar-refractivity contribution is 1.40. The zero-order valence-corrected chi connectivity index (χ0v) is 10.9. The van der Waals surface area contributed by atoms with Crippen LogP contribution in [0.2, 0.25) is 0 Å². The molecule has 1 aromatic heterocycles. The van der Waals surface area contributed by atoms with Gasteiger partial charge in [0.05, 0.1) is 5.52 Å². The van der Waals surface area contributed by atoms with Crippen molar-refractivity contribution in [1.29, 1.82) is 0 Å². The van der Waals surface area contributed by atoms with E-state index in [0.29, 0.717) is 0 Å². The third kappa shape index (κ3) is 2.55. The van der Waals surface area contributed by atoms with Gasteiger partial charge in [-0.05, 0) is 35.7 Å². The number of hydrogen-bond acceptors (Lipinski definition) is 1. The average molecular weight is 245 g/mol. The monoisotopic (exact) mass is 245 g/mol. The first-order valence-corrected chi connectivity index (χ1v) is 6.41. The number of aromatic nitrogens is 1. The Labute approximate surface area is 113 Å². The Hall–Kier alpha value is -2.41. The number of pyridine rings is 1. The first kappa shape index (κ1) is 11.7. The quantitative estimate of drug-likeness (QED) is 0.637. The van der Waals surface area contributed by atoms with Crippen LogP contribution in [0.15, 0.2) is 60.8 Å². The molecule has 0 aliphatic heterocycles. The highest BCUT2D eigenvalue weighted by molar-refractivity contribution is 5.82. The largest absolute Gasteiger partial charge is 0.256 e. The van der Waals surface area contributed by atoms with Crippen molar-refractivity contribution < 1.29 is 0 Å². The minimum atomic E-state index is 1.04. The maximum atomic E-state index is 4.46. The molecule has 1 heteroatoms. The molecule has 92 valence electrons. The second kappa shape index (κ2) is 5.07. The topological polar surface area (TPSA) is 12.9 Å². The molecule has 3 rings (SSSR count). The molecule has 3 aromatic rings. The molecule has 0 saturated carbocycles. The summed E-state index contributed by atoms with van der Waals surface area (Å²) in [7, 11) is 0. The Kier molecular flexibility index (Phi) is 3.11. The molecule has 0 aliphatic carbocycles. The highest BCUT2D eigenvalue weighted by atomic mass is 14.6. The molecule has 1 heterocycles. The molecule has 2 aromatic carbocycles. The SMILES string of the molecule is Cc1ccccc1/C=C\c1cnc2ccccc2c1. The third-order valence-corrected chi connectivity index (χ3v) is 3.26. The Morgan fingerprint density at radius 2 is 1.68 bits per heavy atom. The second-order valence-corrected chi connectivity index (χ2v) is 4.65. The van der Waals surface area contributed by atoms with E-state index in [-0.39, 0.29) is 0 Å². The van der Waals surface area contributed by atoms with E-state index in [4.69, 9.17) is 0 Å². The van der Waals surface area contributed by atoms with Gasteiger partial charge in [-0.2, -0.15) is 0 Å². The van der Waals surface area contributed by atoms with Crippen molar-refractivity contribution in [2.75, 3.05) is 0 Å². The van der Waals surface area contributed by atoms with Gasteiger partial charge in [-0.15, -0.1) is 0 Å². The van der Waals surface area contributed by atoms with Gasteiger partial charge >= 0.3 is 0 Å². The van der Waals surface area contributed by atoms with Gasteiger partial charge in [-0.1, -0.05) is 54.6 Å². The fourth-order valence-corrected chi connectivity index (χ4v) is 2.14. The Balaban J connectivity index is 1.95. The zero-order chi connectivity index (χ0) is 13.1. The smallest absolute Gasteiger partial charge is 0.0702 e. The number of rotatable bonds is 2. The van der Waals surface area contributed by atoms with Gasteiger partial charge < -0.3 is 0 Å². The van der Waals surface area contributed by atoms with Gasteiger partial charge in [0.15, 0.2) is 0 Å². The summed E-state index contributed by atoms with van der Waals surface area (Å²) < 4.78 is 0. The molecule has 0 amide bonds. The zero-order valence-electron chi connectivity index (χ0n) is 10.9. The molecule has 0 atom stereocenters. The van der Waals surface area contributed by atoms with Crippen LogP contribution in [0.5, 0.6) is 0 Å². The highest BCUT2D eigenvalue weighted by Crippen LogP contribution is 2.16. The van der Waals surface area contributed by atoms with Crippen LogP contribution in [0.1, 0.15) is 16.7 Å². The predicted octanol–water partition coefficient (Wildman–Crippen LogP) is 4.71. The predicted molar refractivity (Wildman–Crippen MR) is 81.9 cm³/mol. The Bertz CT molecular complexity index is 741. The van der Waals surface area contributed by atoms with Gasteiger partial charge in [-0.25, -0.2) is 0 Å². The maximum absolute atomic E-state index is 4.46. The number of hydrogen-bond donors (Lipinski definition) is 0. The average Bonchev–Trinajstić information content (AvgIpc) is 2.46. The molecule has 1 nitrogen and oxygen atoms in total. The fourth-order valence-electron chi connectivity index (χ4n) is 2.14. The van der Waals surface area contributed by atoms with E-state index in [1.165, 1.54) is 16.5 Å². The molecular formula is C18H15N. The normalized spacial score (nSPS) is 11.2. The molecule has 0 spiro atoms. The highest BCUT2D eigenvalue weighted by Gasteiger charge is 1.95. The minimum absolute atomic E-state index is 1.04.